The summed E-state index contributed by atoms with van der Waals surface area (Å²) in [6.07, 6.45) is 6.54. The summed E-state index contributed by atoms with van der Waals surface area (Å²) in [7, 11) is 0. The molecule has 12 heteroatoms. The number of nitrogen functional groups attached to an aromatic ring is 1. The van der Waals surface area contributed by atoms with E-state index in [0.29, 0.717) is 40.6 Å². The number of fused-ring (bicyclic) bond motifs is 1. The number of hydrogen-bond acceptors (Lipinski definition) is 7. The summed E-state index contributed by atoms with van der Waals surface area (Å²) >= 11 is 6.27. The van der Waals surface area contributed by atoms with Crippen LogP contribution in [0.1, 0.15) is 38.1 Å². The normalized spacial score (nSPS) is 20.1. The SMILES string of the molecule is [2H]c1cc(Cl)cc(C2=CC(=O)N3C(CCC3c3ncc(-c4ccc(N)nc4F)[nH]3)C2)c1-n1cnnn1. The molecule has 2 aliphatic heterocycles. The van der Waals surface area contributed by atoms with Gasteiger partial charge >= 0.3 is 0 Å². The highest BCUT2D eigenvalue weighted by atomic mass is 35.5. The number of aromatic nitrogens is 7. The number of pyridine rings is 1. The van der Waals surface area contributed by atoms with Gasteiger partial charge in [-0.2, -0.15) is 9.07 Å². The molecule has 5 heterocycles. The maximum absolute atomic E-state index is 14.3. The van der Waals surface area contributed by atoms with Crippen molar-refractivity contribution in [2.45, 2.75) is 31.3 Å². The minimum Gasteiger partial charge on any atom is -0.384 e. The number of imidazole rings is 1. The van der Waals surface area contributed by atoms with Gasteiger partial charge in [0.2, 0.25) is 11.9 Å². The summed E-state index contributed by atoms with van der Waals surface area (Å²) < 4.78 is 24.1. The number of nitrogens with one attached hydrogen (secondary N) is 1. The molecule has 2 atom stereocenters. The number of aromatic amines is 1. The zero-order valence-corrected chi connectivity index (χ0v) is 18.9. The third kappa shape index (κ3) is 3.73. The van der Waals surface area contributed by atoms with E-state index in [1.54, 1.807) is 18.2 Å². The average molecular weight is 493 g/mol. The first-order valence-corrected chi connectivity index (χ1v) is 11.3. The van der Waals surface area contributed by atoms with Crippen LogP contribution in [0.2, 0.25) is 5.02 Å². The molecule has 0 saturated carbocycles. The van der Waals surface area contributed by atoms with Crippen LogP contribution in [0.5, 0.6) is 0 Å². The fourth-order valence-corrected chi connectivity index (χ4v) is 5.03. The quantitative estimate of drug-likeness (QED) is 0.417. The summed E-state index contributed by atoms with van der Waals surface area (Å²) in [6, 6.07) is 6.11. The maximum atomic E-state index is 14.3. The molecule has 3 N–H and O–H groups in total. The second-order valence-corrected chi connectivity index (χ2v) is 8.89. The van der Waals surface area contributed by atoms with Crippen LogP contribution in [0.4, 0.5) is 10.2 Å². The monoisotopic (exact) mass is 492 g/mol. The third-order valence-corrected chi connectivity index (χ3v) is 6.61. The molecule has 2 unspecified atom stereocenters. The summed E-state index contributed by atoms with van der Waals surface area (Å²) in [6.45, 7) is 0. The molecule has 10 nitrogen and oxygen atoms in total. The first-order chi connectivity index (χ1) is 17.4. The second kappa shape index (κ2) is 8.27. The van der Waals surface area contributed by atoms with Gasteiger partial charge in [-0.25, -0.2) is 9.97 Å². The Bertz CT molecular complexity index is 1520. The number of anilines is 1. The summed E-state index contributed by atoms with van der Waals surface area (Å²) in [4.78, 5) is 26.5. The Hall–Kier alpha value is -4.12. The van der Waals surface area contributed by atoms with Gasteiger partial charge in [-0.15, -0.1) is 5.10 Å². The van der Waals surface area contributed by atoms with Crippen molar-refractivity contribution in [3.05, 3.63) is 71.3 Å². The van der Waals surface area contributed by atoms with E-state index in [1.807, 2.05) is 4.90 Å². The fourth-order valence-electron chi connectivity index (χ4n) is 4.86. The van der Waals surface area contributed by atoms with Crippen LogP contribution in [0.3, 0.4) is 0 Å². The first-order valence-electron chi connectivity index (χ1n) is 11.4. The second-order valence-electron chi connectivity index (χ2n) is 8.46. The highest BCUT2D eigenvalue weighted by Crippen LogP contribution is 2.43. The number of halogens is 2. The summed E-state index contributed by atoms with van der Waals surface area (Å²) in [5.41, 5.74) is 8.14. The molecule has 1 fully saturated rings. The molecule has 2 aliphatic rings. The number of benzene rings is 1. The standard InChI is InChI=1S/C23H19ClFN9O/c24-13-1-4-18(33-11-28-31-32-33)16(9-13)12-7-14-2-5-19(34(14)21(35)8-12)23-27-10-17(29-23)15-3-6-20(26)30-22(15)25/h1,3-4,6,8-11,14,19H,2,5,7H2,(H2,26,30)(H,27,29)/i4D. The molecule has 176 valence electrons. The van der Waals surface area contributed by atoms with Gasteiger partial charge in [0.05, 0.1) is 30.6 Å². The first kappa shape index (κ1) is 20.3. The van der Waals surface area contributed by atoms with E-state index >= 15 is 0 Å². The Morgan fingerprint density at radius 1 is 1.26 bits per heavy atom. The predicted molar refractivity (Wildman–Crippen MR) is 126 cm³/mol. The van der Waals surface area contributed by atoms with E-state index in [1.165, 1.54) is 29.3 Å². The van der Waals surface area contributed by atoms with Gasteiger partial charge in [0, 0.05) is 22.7 Å². The highest BCUT2D eigenvalue weighted by molar-refractivity contribution is 6.30. The lowest BCUT2D eigenvalue weighted by molar-refractivity contribution is -0.129. The Labute approximate surface area is 205 Å². The number of nitrogens with two attached hydrogens (primary N) is 1. The van der Waals surface area contributed by atoms with Crippen molar-refractivity contribution in [2.24, 2.45) is 0 Å². The van der Waals surface area contributed by atoms with Crippen LogP contribution in [0, 0.1) is 5.95 Å². The molecule has 1 saturated heterocycles. The highest BCUT2D eigenvalue weighted by Gasteiger charge is 2.41. The Morgan fingerprint density at radius 3 is 2.94 bits per heavy atom. The number of rotatable bonds is 4. The van der Waals surface area contributed by atoms with Crippen molar-refractivity contribution in [3.63, 3.8) is 0 Å². The van der Waals surface area contributed by atoms with Gasteiger partial charge in [-0.3, -0.25) is 4.79 Å². The number of H-pyrrole nitrogens is 1. The molecular formula is C23H19ClFN9O. The van der Waals surface area contributed by atoms with Gasteiger partial charge in [-0.1, -0.05) is 11.6 Å². The van der Waals surface area contributed by atoms with E-state index < -0.39 is 5.95 Å². The zero-order valence-electron chi connectivity index (χ0n) is 19.2. The van der Waals surface area contributed by atoms with Crippen molar-refractivity contribution in [3.8, 4) is 16.9 Å². The van der Waals surface area contributed by atoms with Crippen LogP contribution in [0.25, 0.3) is 22.5 Å². The lowest BCUT2D eigenvalue weighted by atomic mass is 9.92. The van der Waals surface area contributed by atoms with Gasteiger partial charge < -0.3 is 15.6 Å². The third-order valence-electron chi connectivity index (χ3n) is 6.39. The average Bonchev–Trinajstić information content (AvgIpc) is 3.59. The van der Waals surface area contributed by atoms with Crippen LogP contribution >= 0.6 is 11.6 Å². The van der Waals surface area contributed by atoms with E-state index in [4.69, 9.17) is 18.7 Å². The van der Waals surface area contributed by atoms with Crippen LogP contribution < -0.4 is 5.73 Å². The van der Waals surface area contributed by atoms with Crippen LogP contribution in [-0.4, -0.2) is 52.0 Å². The molecule has 0 aliphatic carbocycles. The number of hydrogen-bond donors (Lipinski definition) is 2. The molecule has 1 aromatic carbocycles. The number of carbonyl (C=O) groups excluding carboxylic acids is 1. The number of carbonyl (C=O) groups is 1. The van der Waals surface area contributed by atoms with Gasteiger partial charge in [0.1, 0.15) is 18.0 Å². The number of nitrogens with zero attached hydrogens (tertiary/aromatic N) is 7. The lowest BCUT2D eigenvalue weighted by Gasteiger charge is -2.33. The zero-order chi connectivity index (χ0) is 25.0. The molecule has 0 radical (unpaired) electrons. The van der Waals surface area contributed by atoms with Crippen molar-refractivity contribution in [1.29, 1.82) is 0 Å². The Kier molecular flexibility index (Phi) is 4.79. The molecule has 0 bridgehead atoms. The summed E-state index contributed by atoms with van der Waals surface area (Å²) in [5, 5.41) is 11.7. The largest absolute Gasteiger partial charge is 0.384 e. The number of tetrazole rings is 1. The van der Waals surface area contributed by atoms with Gasteiger partial charge in [0.15, 0.2) is 0 Å². The minimum atomic E-state index is -0.690. The molecule has 35 heavy (non-hydrogen) atoms. The van der Waals surface area contributed by atoms with Gasteiger partial charge in [-0.05, 0) is 65.6 Å². The molecule has 4 aromatic rings. The fraction of sp³-hybridized carbons (Fsp3) is 0.217. The van der Waals surface area contributed by atoms with Crippen molar-refractivity contribution in [2.75, 3.05) is 5.73 Å². The Balaban J connectivity index is 1.32. The van der Waals surface area contributed by atoms with Crippen LogP contribution in [-0.2, 0) is 4.79 Å². The van der Waals surface area contributed by atoms with E-state index in [0.717, 1.165) is 12.0 Å². The van der Waals surface area contributed by atoms with E-state index in [9.17, 15) is 9.18 Å². The smallest absolute Gasteiger partial charge is 0.247 e. The number of amides is 1. The van der Waals surface area contributed by atoms with E-state index in [-0.39, 0.29) is 35.4 Å². The molecule has 3 aromatic heterocycles. The summed E-state index contributed by atoms with van der Waals surface area (Å²) in [5.74, 6) is -0.183. The topological polar surface area (TPSA) is 132 Å². The van der Waals surface area contributed by atoms with Crippen molar-refractivity contribution >= 4 is 28.9 Å². The molecule has 1 amide bonds. The Morgan fingerprint density at radius 2 is 2.14 bits per heavy atom. The van der Waals surface area contributed by atoms with Crippen LogP contribution in [0.15, 0.2) is 48.9 Å². The van der Waals surface area contributed by atoms with Gasteiger partial charge in [0.25, 0.3) is 0 Å². The van der Waals surface area contributed by atoms with E-state index in [2.05, 4.69) is 30.5 Å². The minimum absolute atomic E-state index is 0.0686. The lowest BCUT2D eigenvalue weighted by Crippen LogP contribution is -2.39. The molecule has 6 rings (SSSR count). The molecule has 0 spiro atoms. The predicted octanol–water partition coefficient (Wildman–Crippen LogP) is 3.34. The van der Waals surface area contributed by atoms with Crippen molar-refractivity contribution < 1.29 is 10.6 Å². The molecular weight excluding hydrogens is 473 g/mol. The van der Waals surface area contributed by atoms with Crippen molar-refractivity contribution in [1.82, 2.24) is 40.1 Å². The maximum Gasteiger partial charge on any atom is 0.247 e.